The van der Waals surface area contributed by atoms with E-state index in [0.717, 1.165) is 5.56 Å². The summed E-state index contributed by atoms with van der Waals surface area (Å²) in [5.41, 5.74) is 3.20. The molecule has 0 saturated carbocycles. The van der Waals surface area contributed by atoms with Crippen LogP contribution in [0.1, 0.15) is 32.0 Å². The van der Waals surface area contributed by atoms with Gasteiger partial charge in [0.2, 0.25) is 0 Å². The number of aromatic nitrogens is 1. The Bertz CT molecular complexity index is 1030. The molecule has 0 unspecified atom stereocenters. The number of carbonyl (C=O) groups is 2. The number of halogens is 1. The monoisotopic (exact) mass is 383 g/mol. The van der Waals surface area contributed by atoms with E-state index in [1.54, 1.807) is 50.4 Å². The maximum Gasteiger partial charge on any atom is 0.261 e. The molecule has 2 N–H and O–H groups in total. The maximum atomic E-state index is 12.9. The van der Waals surface area contributed by atoms with Crippen molar-refractivity contribution >= 4 is 29.1 Å². The van der Waals surface area contributed by atoms with Gasteiger partial charge in [-0.25, -0.2) is 0 Å². The first-order valence-corrected chi connectivity index (χ1v) is 8.65. The predicted octanol–water partition coefficient (Wildman–Crippen LogP) is 4.22. The molecule has 0 bridgehead atoms. The van der Waals surface area contributed by atoms with Crippen LogP contribution >= 0.6 is 11.6 Å². The number of carbonyl (C=O) groups excluding carboxylic acids is 2. The van der Waals surface area contributed by atoms with Crippen LogP contribution in [-0.2, 0) is 0 Å². The summed E-state index contributed by atoms with van der Waals surface area (Å²) in [7, 11) is 1.57. The van der Waals surface area contributed by atoms with Gasteiger partial charge in [-0.2, -0.15) is 0 Å². The summed E-state index contributed by atoms with van der Waals surface area (Å²) in [6.07, 6.45) is 0. The Kier molecular flexibility index (Phi) is 5.28. The summed E-state index contributed by atoms with van der Waals surface area (Å²) in [5.74, 6) is -0.159. The molecule has 0 saturated heterocycles. The van der Waals surface area contributed by atoms with E-state index in [9.17, 15) is 9.59 Å². The van der Waals surface area contributed by atoms with Gasteiger partial charge in [0.25, 0.3) is 11.8 Å². The zero-order valence-corrected chi connectivity index (χ0v) is 15.8. The molecule has 27 heavy (non-hydrogen) atoms. The lowest BCUT2D eigenvalue weighted by molar-refractivity contribution is 0.0962. The Morgan fingerprint density at radius 3 is 2.48 bits per heavy atom. The van der Waals surface area contributed by atoms with Crippen LogP contribution in [0.2, 0.25) is 5.02 Å². The van der Waals surface area contributed by atoms with Gasteiger partial charge in [0.15, 0.2) is 0 Å². The van der Waals surface area contributed by atoms with Crippen molar-refractivity contribution < 1.29 is 14.1 Å². The van der Waals surface area contributed by atoms with Crippen LogP contribution in [0.15, 0.2) is 47.0 Å². The van der Waals surface area contributed by atoms with Gasteiger partial charge >= 0.3 is 0 Å². The number of anilines is 1. The average molecular weight is 384 g/mol. The molecule has 2 amide bonds. The first-order valence-electron chi connectivity index (χ1n) is 8.27. The van der Waals surface area contributed by atoms with E-state index < -0.39 is 0 Å². The van der Waals surface area contributed by atoms with Crippen molar-refractivity contribution in [2.75, 3.05) is 12.4 Å². The van der Waals surface area contributed by atoms with Crippen LogP contribution in [0.4, 0.5) is 5.69 Å². The lowest BCUT2D eigenvalue weighted by Crippen LogP contribution is -2.18. The largest absolute Gasteiger partial charge is 0.360 e. The highest BCUT2D eigenvalue weighted by atomic mass is 35.5. The number of rotatable bonds is 4. The predicted molar refractivity (Wildman–Crippen MR) is 104 cm³/mol. The number of nitrogens with zero attached hydrogens (tertiary/aromatic N) is 1. The Morgan fingerprint density at radius 1 is 1.07 bits per heavy atom. The number of amides is 2. The SMILES string of the molecule is CNC(=O)c1ccc(NC(=O)c2c(-c3ccccc3Cl)noc2C)c(C)c1. The molecule has 0 aliphatic heterocycles. The van der Waals surface area contributed by atoms with Gasteiger partial charge in [-0.1, -0.05) is 35.0 Å². The molecule has 1 aromatic heterocycles. The number of nitrogens with one attached hydrogen (secondary N) is 2. The van der Waals surface area contributed by atoms with Gasteiger partial charge in [0.05, 0.1) is 5.02 Å². The second kappa shape index (κ2) is 7.63. The first kappa shape index (κ1) is 18.7. The molecule has 0 aliphatic rings. The minimum absolute atomic E-state index is 0.188. The van der Waals surface area contributed by atoms with Crippen LogP contribution in [-0.4, -0.2) is 24.0 Å². The van der Waals surface area contributed by atoms with Crippen molar-refractivity contribution in [3.05, 3.63) is 69.9 Å². The minimum Gasteiger partial charge on any atom is -0.360 e. The molecule has 3 aromatic rings. The van der Waals surface area contributed by atoms with Gasteiger partial charge in [0, 0.05) is 23.9 Å². The van der Waals surface area contributed by atoms with Gasteiger partial charge in [-0.05, 0) is 43.7 Å². The Labute approximate surface area is 161 Å². The zero-order chi connectivity index (χ0) is 19.6. The van der Waals surface area contributed by atoms with Gasteiger partial charge in [-0.15, -0.1) is 0 Å². The normalized spacial score (nSPS) is 10.5. The highest BCUT2D eigenvalue weighted by Gasteiger charge is 2.23. The van der Waals surface area contributed by atoms with Crippen LogP contribution in [0.5, 0.6) is 0 Å². The van der Waals surface area contributed by atoms with E-state index in [1.807, 2.05) is 13.0 Å². The van der Waals surface area contributed by atoms with Crippen molar-refractivity contribution in [2.24, 2.45) is 0 Å². The highest BCUT2D eigenvalue weighted by Crippen LogP contribution is 2.31. The molecule has 3 rings (SSSR count). The molecule has 2 aromatic carbocycles. The fraction of sp³-hybridized carbons (Fsp3) is 0.150. The van der Waals surface area contributed by atoms with Gasteiger partial charge < -0.3 is 15.2 Å². The lowest BCUT2D eigenvalue weighted by Gasteiger charge is -2.10. The van der Waals surface area contributed by atoms with Crippen molar-refractivity contribution in [1.82, 2.24) is 10.5 Å². The third kappa shape index (κ3) is 3.71. The Morgan fingerprint density at radius 2 is 1.81 bits per heavy atom. The number of hydrogen-bond donors (Lipinski definition) is 2. The average Bonchev–Trinajstić information content (AvgIpc) is 3.04. The molecule has 6 nitrogen and oxygen atoms in total. The quantitative estimate of drug-likeness (QED) is 0.706. The third-order valence-electron chi connectivity index (χ3n) is 4.18. The minimum atomic E-state index is -0.362. The zero-order valence-electron chi connectivity index (χ0n) is 15.1. The molecule has 0 fully saturated rings. The van der Waals surface area contributed by atoms with Gasteiger partial charge in [-0.3, -0.25) is 9.59 Å². The molecule has 138 valence electrons. The first-order chi connectivity index (χ1) is 12.9. The number of hydrogen-bond acceptors (Lipinski definition) is 4. The lowest BCUT2D eigenvalue weighted by atomic mass is 10.0. The van der Waals surface area contributed by atoms with Crippen molar-refractivity contribution in [1.29, 1.82) is 0 Å². The summed E-state index contributed by atoms with van der Waals surface area (Å²) in [4.78, 5) is 24.6. The van der Waals surface area contributed by atoms with Crippen LogP contribution in [0.3, 0.4) is 0 Å². The molecule has 0 aliphatic carbocycles. The fourth-order valence-electron chi connectivity index (χ4n) is 2.75. The molecule has 0 atom stereocenters. The smallest absolute Gasteiger partial charge is 0.261 e. The van der Waals surface area contributed by atoms with E-state index in [4.69, 9.17) is 16.1 Å². The van der Waals surface area contributed by atoms with Crippen LogP contribution in [0.25, 0.3) is 11.3 Å². The van der Waals surface area contributed by atoms with Crippen molar-refractivity contribution in [3.63, 3.8) is 0 Å². The highest BCUT2D eigenvalue weighted by molar-refractivity contribution is 6.33. The summed E-state index contributed by atoms with van der Waals surface area (Å²) < 4.78 is 5.24. The van der Waals surface area contributed by atoms with Crippen molar-refractivity contribution in [3.8, 4) is 11.3 Å². The topological polar surface area (TPSA) is 84.2 Å². The van der Waals surface area contributed by atoms with E-state index in [1.165, 1.54) is 0 Å². The van der Waals surface area contributed by atoms with Crippen molar-refractivity contribution in [2.45, 2.75) is 13.8 Å². The van der Waals surface area contributed by atoms with E-state index in [-0.39, 0.29) is 11.8 Å². The second-order valence-corrected chi connectivity index (χ2v) is 6.41. The summed E-state index contributed by atoms with van der Waals surface area (Å²) in [5, 5.41) is 9.91. The van der Waals surface area contributed by atoms with Crippen LogP contribution < -0.4 is 10.6 Å². The Balaban J connectivity index is 1.93. The third-order valence-corrected chi connectivity index (χ3v) is 4.51. The van der Waals surface area contributed by atoms with E-state index >= 15 is 0 Å². The molecular formula is C20H18ClN3O3. The molecule has 7 heteroatoms. The van der Waals surface area contributed by atoms with Crippen LogP contribution in [0, 0.1) is 13.8 Å². The fourth-order valence-corrected chi connectivity index (χ4v) is 2.98. The number of benzene rings is 2. The second-order valence-electron chi connectivity index (χ2n) is 6.01. The summed E-state index contributed by atoms with van der Waals surface area (Å²) >= 11 is 6.24. The molecular weight excluding hydrogens is 366 g/mol. The Hall–Kier alpha value is -3.12. The molecule has 0 radical (unpaired) electrons. The standard InChI is InChI=1S/C20H18ClN3O3/c1-11-10-13(19(25)22-3)8-9-16(11)23-20(26)17-12(2)27-24-18(17)14-6-4-5-7-15(14)21/h4-10H,1-3H3,(H,22,25)(H,23,26). The van der Waals surface area contributed by atoms with E-state index in [2.05, 4.69) is 15.8 Å². The summed E-state index contributed by atoms with van der Waals surface area (Å²) in [6, 6.07) is 12.2. The molecule has 1 heterocycles. The summed E-state index contributed by atoms with van der Waals surface area (Å²) in [6.45, 7) is 3.49. The number of aryl methyl sites for hydroxylation is 2. The molecule has 0 spiro atoms. The maximum absolute atomic E-state index is 12.9. The van der Waals surface area contributed by atoms with E-state index in [0.29, 0.717) is 38.9 Å². The van der Waals surface area contributed by atoms with Gasteiger partial charge in [0.1, 0.15) is 17.0 Å².